The molecule has 0 aliphatic heterocycles. The first-order valence-corrected chi connectivity index (χ1v) is 8.59. The molecule has 0 atom stereocenters. The van der Waals surface area contributed by atoms with Crippen LogP contribution < -0.4 is 20.1 Å². The smallest absolute Gasteiger partial charge is 0.378 e. The van der Waals surface area contributed by atoms with Gasteiger partial charge in [-0.1, -0.05) is 30.2 Å². The predicted octanol–water partition coefficient (Wildman–Crippen LogP) is 2.39. The number of terminal acetylenes is 1. The number of rotatable bonds is 5. The maximum absolute atomic E-state index is 6.81. The van der Waals surface area contributed by atoms with E-state index in [4.69, 9.17) is 23.5 Å². The van der Waals surface area contributed by atoms with Crippen molar-refractivity contribution >= 4 is 25.3 Å². The lowest BCUT2D eigenvalue weighted by molar-refractivity contribution is 0.417. The maximum atomic E-state index is 6.81. The standard InChI is InChI=1S/C17H17BO2P/c1-4-13-21(18,16-11-7-5-9-14(16)19-2)17-12-8-6-10-15(17)20-3/h1,5-12H,13H2,2-3H3/q+1. The summed E-state index contributed by atoms with van der Waals surface area (Å²) in [7, 11) is 7.82. The van der Waals surface area contributed by atoms with Crippen molar-refractivity contribution in [1.82, 2.24) is 0 Å². The zero-order chi connectivity index (χ0) is 15.3. The summed E-state index contributed by atoms with van der Waals surface area (Å²) in [6.07, 6.45) is 6.04. The predicted molar refractivity (Wildman–Crippen MR) is 91.6 cm³/mol. The molecule has 0 amide bonds. The van der Waals surface area contributed by atoms with E-state index in [1.54, 1.807) is 14.2 Å². The Labute approximate surface area is 128 Å². The molecule has 0 bridgehead atoms. The molecule has 2 radical (unpaired) electrons. The summed E-state index contributed by atoms with van der Waals surface area (Å²) in [5.41, 5.74) is 0. The van der Waals surface area contributed by atoms with E-state index in [0.717, 1.165) is 22.1 Å². The molecule has 0 saturated heterocycles. The van der Waals surface area contributed by atoms with Gasteiger partial charge in [-0.2, -0.15) is 0 Å². The van der Waals surface area contributed by atoms with Gasteiger partial charge in [0, 0.05) is 7.14 Å². The van der Waals surface area contributed by atoms with E-state index in [-0.39, 0.29) is 0 Å². The van der Waals surface area contributed by atoms with Crippen molar-refractivity contribution in [1.29, 1.82) is 0 Å². The molecule has 0 unspecified atom stereocenters. The largest absolute Gasteiger partial charge is 0.493 e. The van der Waals surface area contributed by atoms with Crippen LogP contribution in [0.3, 0.4) is 0 Å². The molecule has 0 heterocycles. The van der Waals surface area contributed by atoms with E-state index < -0.39 is 7.14 Å². The molecule has 2 nitrogen and oxygen atoms in total. The third-order valence-electron chi connectivity index (χ3n) is 3.37. The molecular formula is C17H17BO2P+. The van der Waals surface area contributed by atoms with Crippen molar-refractivity contribution in [2.75, 3.05) is 20.4 Å². The van der Waals surface area contributed by atoms with Gasteiger partial charge in [0.1, 0.15) is 16.8 Å². The number of hydrogen-bond acceptors (Lipinski definition) is 2. The van der Waals surface area contributed by atoms with Crippen LogP contribution in [-0.4, -0.2) is 27.9 Å². The zero-order valence-corrected chi connectivity index (χ0v) is 13.1. The fraction of sp³-hybridized carbons (Fsp3) is 0.176. The average molecular weight is 295 g/mol. The van der Waals surface area contributed by atoms with Gasteiger partial charge in [-0.25, -0.2) is 0 Å². The third kappa shape index (κ3) is 2.92. The molecule has 0 saturated carbocycles. The van der Waals surface area contributed by atoms with Gasteiger partial charge in [-0.15, -0.1) is 6.42 Å². The first kappa shape index (κ1) is 15.5. The minimum atomic E-state index is -2.27. The molecule has 0 N–H and O–H groups in total. The molecule has 21 heavy (non-hydrogen) atoms. The summed E-state index contributed by atoms with van der Waals surface area (Å²) in [5, 5.41) is 1.91. The highest BCUT2D eigenvalue weighted by atomic mass is 31.2. The molecular weight excluding hydrogens is 278 g/mol. The SMILES string of the molecule is [B][P+](CC#C)(c1ccccc1OC)c1ccccc1OC. The molecule has 0 aliphatic rings. The van der Waals surface area contributed by atoms with Crippen molar-refractivity contribution in [2.45, 2.75) is 0 Å². The van der Waals surface area contributed by atoms with Crippen molar-refractivity contribution in [3.05, 3.63) is 48.5 Å². The average Bonchev–Trinajstić information content (AvgIpc) is 2.54. The highest BCUT2D eigenvalue weighted by molar-refractivity contribution is 8.08. The van der Waals surface area contributed by atoms with Crippen LogP contribution in [0.25, 0.3) is 0 Å². The molecule has 0 spiro atoms. The van der Waals surface area contributed by atoms with Gasteiger partial charge >= 0.3 is 7.57 Å². The summed E-state index contributed by atoms with van der Waals surface area (Å²) >= 11 is 0. The number of benzene rings is 2. The fourth-order valence-electron chi connectivity index (χ4n) is 2.36. The fourth-order valence-corrected chi connectivity index (χ4v) is 5.07. The second kappa shape index (κ2) is 6.70. The van der Waals surface area contributed by atoms with Crippen LogP contribution in [0, 0.1) is 12.3 Å². The van der Waals surface area contributed by atoms with E-state index in [9.17, 15) is 0 Å². The lowest BCUT2D eigenvalue weighted by atomic mass is 10.3. The summed E-state index contributed by atoms with van der Waals surface area (Å²) in [5.74, 6) is 4.24. The van der Waals surface area contributed by atoms with Crippen LogP contribution >= 0.6 is 7.14 Å². The molecule has 0 aromatic heterocycles. The Morgan fingerprint density at radius 1 is 0.952 bits per heavy atom. The van der Waals surface area contributed by atoms with Crippen LogP contribution in [0.5, 0.6) is 11.5 Å². The summed E-state index contributed by atoms with van der Waals surface area (Å²) < 4.78 is 10.9. The lowest BCUT2D eigenvalue weighted by Gasteiger charge is -2.24. The Balaban J connectivity index is 2.68. The van der Waals surface area contributed by atoms with E-state index in [1.807, 2.05) is 48.5 Å². The Morgan fingerprint density at radius 2 is 1.38 bits per heavy atom. The molecule has 2 aromatic carbocycles. The van der Waals surface area contributed by atoms with Crippen molar-refractivity contribution in [3.8, 4) is 23.8 Å². The van der Waals surface area contributed by atoms with Crippen molar-refractivity contribution < 1.29 is 9.47 Å². The first-order valence-electron chi connectivity index (χ1n) is 6.54. The lowest BCUT2D eigenvalue weighted by Crippen LogP contribution is -2.27. The number of hydrogen-bond donors (Lipinski definition) is 0. The van der Waals surface area contributed by atoms with Gasteiger partial charge < -0.3 is 9.47 Å². The van der Waals surface area contributed by atoms with E-state index in [2.05, 4.69) is 5.92 Å². The second-order valence-electron chi connectivity index (χ2n) is 4.57. The molecule has 0 aliphatic carbocycles. The van der Waals surface area contributed by atoms with Crippen LogP contribution in [0.15, 0.2) is 48.5 Å². The molecule has 4 heteroatoms. The number of methoxy groups -OCH3 is 2. The Bertz CT molecular complexity index is 616. The zero-order valence-electron chi connectivity index (χ0n) is 12.2. The van der Waals surface area contributed by atoms with Gasteiger partial charge in [-0.3, -0.25) is 0 Å². The molecule has 104 valence electrons. The Hall–Kier alpha value is -1.91. The molecule has 2 aromatic rings. The summed E-state index contributed by atoms with van der Waals surface area (Å²) in [6.45, 7) is 0. The van der Waals surface area contributed by atoms with Crippen LogP contribution in [0.1, 0.15) is 0 Å². The number of ether oxygens (including phenoxy) is 2. The minimum absolute atomic E-state index is 0.452. The molecule has 0 fully saturated rings. The minimum Gasteiger partial charge on any atom is -0.493 e. The quantitative estimate of drug-likeness (QED) is 0.479. The van der Waals surface area contributed by atoms with Crippen LogP contribution in [-0.2, 0) is 0 Å². The topological polar surface area (TPSA) is 18.5 Å². The highest BCUT2D eigenvalue weighted by Crippen LogP contribution is 2.54. The normalized spacial score (nSPS) is 10.7. The van der Waals surface area contributed by atoms with E-state index in [1.165, 1.54) is 0 Å². The second-order valence-corrected chi connectivity index (χ2v) is 7.59. The van der Waals surface area contributed by atoms with Gasteiger partial charge in [0.2, 0.25) is 0 Å². The first-order chi connectivity index (χ1) is 10.2. The van der Waals surface area contributed by atoms with E-state index in [0.29, 0.717) is 6.16 Å². The number of para-hydroxylation sites is 2. The van der Waals surface area contributed by atoms with Gasteiger partial charge in [0.15, 0.2) is 11.5 Å². The Morgan fingerprint density at radius 3 is 1.76 bits per heavy atom. The monoisotopic (exact) mass is 295 g/mol. The van der Waals surface area contributed by atoms with Gasteiger partial charge in [-0.05, 0) is 24.3 Å². The molecule has 2 rings (SSSR count). The third-order valence-corrected chi connectivity index (χ3v) is 6.51. The van der Waals surface area contributed by atoms with Gasteiger partial charge in [0.05, 0.1) is 14.2 Å². The summed E-state index contributed by atoms with van der Waals surface area (Å²) in [6, 6.07) is 15.5. The van der Waals surface area contributed by atoms with Crippen molar-refractivity contribution in [2.24, 2.45) is 0 Å². The van der Waals surface area contributed by atoms with Crippen LogP contribution in [0.2, 0.25) is 0 Å². The van der Waals surface area contributed by atoms with Crippen molar-refractivity contribution in [3.63, 3.8) is 0 Å². The Kier molecular flexibility index (Phi) is 4.94. The highest BCUT2D eigenvalue weighted by Gasteiger charge is 2.41. The van der Waals surface area contributed by atoms with E-state index >= 15 is 0 Å². The van der Waals surface area contributed by atoms with Crippen LogP contribution in [0.4, 0.5) is 0 Å². The maximum Gasteiger partial charge on any atom is 0.378 e. The van der Waals surface area contributed by atoms with Gasteiger partial charge in [0.25, 0.3) is 0 Å². The summed E-state index contributed by atoms with van der Waals surface area (Å²) in [4.78, 5) is 0.